The van der Waals surface area contributed by atoms with Gasteiger partial charge in [0.15, 0.2) is 5.75 Å². The number of carbonyl (C=O) groups is 2. The number of hydrogen-bond acceptors (Lipinski definition) is 5. The second-order valence-corrected chi connectivity index (χ2v) is 6.09. The van der Waals surface area contributed by atoms with E-state index in [9.17, 15) is 19.7 Å². The van der Waals surface area contributed by atoms with Gasteiger partial charge in [0.05, 0.1) is 22.7 Å². The monoisotopic (exact) mass is 354 g/mol. The molecule has 0 saturated heterocycles. The van der Waals surface area contributed by atoms with Crippen LogP contribution >= 0.6 is 0 Å². The summed E-state index contributed by atoms with van der Waals surface area (Å²) in [6, 6.07) is 11.5. The van der Waals surface area contributed by atoms with E-state index in [2.05, 4.69) is 0 Å². The van der Waals surface area contributed by atoms with Crippen molar-refractivity contribution < 1.29 is 19.2 Å². The highest BCUT2D eigenvalue weighted by Crippen LogP contribution is 2.28. The van der Waals surface area contributed by atoms with Crippen LogP contribution in [0.5, 0.6) is 5.75 Å². The van der Waals surface area contributed by atoms with Gasteiger partial charge in [0.1, 0.15) is 0 Å². The summed E-state index contributed by atoms with van der Waals surface area (Å²) in [5, 5.41) is 11.0. The summed E-state index contributed by atoms with van der Waals surface area (Å²) in [7, 11) is 0. The molecular weight excluding hydrogens is 336 g/mol. The third-order valence-corrected chi connectivity index (χ3v) is 4.22. The van der Waals surface area contributed by atoms with E-state index >= 15 is 0 Å². The molecule has 1 aliphatic heterocycles. The second-order valence-electron chi connectivity index (χ2n) is 6.09. The Labute approximate surface area is 150 Å². The maximum absolute atomic E-state index is 12.2. The van der Waals surface area contributed by atoms with Crippen molar-refractivity contribution >= 4 is 17.5 Å². The van der Waals surface area contributed by atoms with E-state index in [1.54, 1.807) is 36.4 Å². The highest BCUT2D eigenvalue weighted by Gasteiger charge is 2.34. The molecule has 2 aromatic carbocycles. The molecule has 0 aliphatic carbocycles. The first-order valence-electron chi connectivity index (χ1n) is 8.32. The quantitative estimate of drug-likeness (QED) is 0.329. The minimum absolute atomic E-state index is 0.0732. The van der Waals surface area contributed by atoms with Crippen LogP contribution in [0.25, 0.3) is 0 Å². The van der Waals surface area contributed by atoms with Crippen LogP contribution in [-0.4, -0.2) is 34.8 Å². The van der Waals surface area contributed by atoms with E-state index in [1.165, 1.54) is 11.0 Å². The van der Waals surface area contributed by atoms with Crippen molar-refractivity contribution in [3.05, 3.63) is 69.3 Å². The predicted molar refractivity (Wildman–Crippen MR) is 94.4 cm³/mol. The lowest BCUT2D eigenvalue weighted by atomic mass is 10.1. The van der Waals surface area contributed by atoms with Crippen LogP contribution in [0, 0.1) is 17.0 Å². The summed E-state index contributed by atoms with van der Waals surface area (Å²) in [6.45, 7) is 2.40. The Bertz CT molecular complexity index is 843. The molecule has 3 rings (SSSR count). The molecule has 0 unspecified atom stereocenters. The Morgan fingerprint density at radius 3 is 2.31 bits per heavy atom. The zero-order chi connectivity index (χ0) is 18.7. The number of fused-ring (bicyclic) bond motifs is 1. The number of carbonyl (C=O) groups excluding carboxylic acids is 2. The van der Waals surface area contributed by atoms with Crippen LogP contribution in [0.15, 0.2) is 42.5 Å². The number of nitro groups is 1. The lowest BCUT2D eigenvalue weighted by Gasteiger charge is -2.13. The van der Waals surface area contributed by atoms with Crippen LogP contribution < -0.4 is 4.74 Å². The van der Waals surface area contributed by atoms with E-state index in [0.29, 0.717) is 30.5 Å². The van der Waals surface area contributed by atoms with Crippen molar-refractivity contribution in [2.45, 2.75) is 19.8 Å². The van der Waals surface area contributed by atoms with Gasteiger partial charge in [-0.15, -0.1) is 0 Å². The highest BCUT2D eigenvalue weighted by molar-refractivity contribution is 6.21. The first-order chi connectivity index (χ1) is 12.5. The first kappa shape index (κ1) is 17.6. The minimum atomic E-state index is -0.479. The molecule has 1 aliphatic rings. The fourth-order valence-corrected chi connectivity index (χ4v) is 2.88. The molecule has 1 heterocycles. The molecule has 0 N–H and O–H groups in total. The molecule has 0 bridgehead atoms. The molecule has 0 spiro atoms. The topological polar surface area (TPSA) is 89.8 Å². The first-order valence-corrected chi connectivity index (χ1v) is 8.32. The maximum atomic E-state index is 12.2. The van der Waals surface area contributed by atoms with E-state index in [-0.39, 0.29) is 29.9 Å². The van der Waals surface area contributed by atoms with Gasteiger partial charge in [0, 0.05) is 12.6 Å². The summed E-state index contributed by atoms with van der Waals surface area (Å²) in [4.78, 5) is 36.3. The number of hydrogen-bond donors (Lipinski definition) is 0. The summed E-state index contributed by atoms with van der Waals surface area (Å²) in [5.41, 5.74) is 1.67. The smallest absolute Gasteiger partial charge is 0.310 e. The predicted octanol–water partition coefficient (Wildman–Crippen LogP) is 3.36. The second kappa shape index (κ2) is 7.35. The largest absolute Gasteiger partial charge is 0.487 e. The van der Waals surface area contributed by atoms with Gasteiger partial charge in [-0.2, -0.15) is 0 Å². The minimum Gasteiger partial charge on any atom is -0.487 e. The van der Waals surface area contributed by atoms with Gasteiger partial charge in [-0.25, -0.2) is 0 Å². The van der Waals surface area contributed by atoms with Crippen molar-refractivity contribution in [2.24, 2.45) is 0 Å². The van der Waals surface area contributed by atoms with Gasteiger partial charge in [-0.05, 0) is 43.5 Å². The van der Waals surface area contributed by atoms with Crippen LogP contribution in [0.2, 0.25) is 0 Å². The number of amides is 2. The summed E-state index contributed by atoms with van der Waals surface area (Å²) in [5.74, 6) is -0.322. The van der Waals surface area contributed by atoms with Gasteiger partial charge < -0.3 is 4.74 Å². The Hall–Kier alpha value is -3.22. The molecule has 2 aromatic rings. The lowest BCUT2D eigenvalue weighted by molar-refractivity contribution is -0.385. The SMILES string of the molecule is Cc1ccc([N+](=O)[O-])c(OCCCCN2C(=O)c3ccccc3C2=O)c1. The van der Waals surface area contributed by atoms with Crippen LogP contribution in [0.3, 0.4) is 0 Å². The van der Waals surface area contributed by atoms with Gasteiger partial charge in [-0.3, -0.25) is 24.6 Å². The molecule has 26 heavy (non-hydrogen) atoms. The molecule has 7 nitrogen and oxygen atoms in total. The van der Waals surface area contributed by atoms with E-state index in [4.69, 9.17) is 4.74 Å². The number of nitrogens with zero attached hydrogens (tertiary/aromatic N) is 2. The van der Waals surface area contributed by atoms with Crippen molar-refractivity contribution in [1.82, 2.24) is 4.90 Å². The van der Waals surface area contributed by atoms with Crippen molar-refractivity contribution in [2.75, 3.05) is 13.2 Å². The Kier molecular flexibility index (Phi) is 4.97. The number of benzene rings is 2. The van der Waals surface area contributed by atoms with Gasteiger partial charge in [-0.1, -0.05) is 18.2 Å². The van der Waals surface area contributed by atoms with Crippen molar-refractivity contribution in [3.63, 3.8) is 0 Å². The van der Waals surface area contributed by atoms with E-state index < -0.39 is 4.92 Å². The molecule has 0 saturated carbocycles. The summed E-state index contributed by atoms with van der Waals surface area (Å²) < 4.78 is 5.53. The Morgan fingerprint density at radius 2 is 1.69 bits per heavy atom. The van der Waals surface area contributed by atoms with Crippen LogP contribution in [0.1, 0.15) is 39.1 Å². The number of imide groups is 1. The summed E-state index contributed by atoms with van der Waals surface area (Å²) in [6.07, 6.45) is 1.13. The standard InChI is InChI=1S/C19H18N2O5/c1-13-8-9-16(21(24)25)17(12-13)26-11-5-4-10-20-18(22)14-6-2-3-7-15(14)19(20)23/h2-3,6-9,12H,4-5,10-11H2,1H3. The molecular formula is C19H18N2O5. The Balaban J connectivity index is 1.52. The third kappa shape index (κ3) is 3.42. The average Bonchev–Trinajstić information content (AvgIpc) is 2.86. The molecule has 0 fully saturated rings. The van der Waals surface area contributed by atoms with Gasteiger partial charge >= 0.3 is 5.69 Å². The fraction of sp³-hybridized carbons (Fsp3) is 0.263. The third-order valence-electron chi connectivity index (χ3n) is 4.22. The average molecular weight is 354 g/mol. The normalized spacial score (nSPS) is 13.0. The van der Waals surface area contributed by atoms with E-state index in [0.717, 1.165) is 5.56 Å². The van der Waals surface area contributed by atoms with Crippen LogP contribution in [-0.2, 0) is 0 Å². The fourth-order valence-electron chi connectivity index (χ4n) is 2.88. The maximum Gasteiger partial charge on any atom is 0.310 e. The zero-order valence-electron chi connectivity index (χ0n) is 14.3. The number of nitro benzene ring substituents is 1. The van der Waals surface area contributed by atoms with Crippen LogP contribution in [0.4, 0.5) is 5.69 Å². The van der Waals surface area contributed by atoms with Crippen molar-refractivity contribution in [3.8, 4) is 5.75 Å². The zero-order valence-corrected chi connectivity index (χ0v) is 14.3. The van der Waals surface area contributed by atoms with E-state index in [1.807, 2.05) is 6.92 Å². The number of ether oxygens (including phenoxy) is 1. The molecule has 0 atom stereocenters. The number of aryl methyl sites for hydroxylation is 1. The number of unbranched alkanes of at least 4 members (excludes halogenated alkanes) is 1. The van der Waals surface area contributed by atoms with Gasteiger partial charge in [0.2, 0.25) is 0 Å². The Morgan fingerprint density at radius 1 is 1.04 bits per heavy atom. The molecule has 0 aromatic heterocycles. The molecule has 134 valence electrons. The van der Waals surface area contributed by atoms with Crippen molar-refractivity contribution in [1.29, 1.82) is 0 Å². The number of rotatable bonds is 7. The molecule has 7 heteroatoms. The highest BCUT2D eigenvalue weighted by atomic mass is 16.6. The summed E-state index contributed by atoms with van der Waals surface area (Å²) >= 11 is 0. The van der Waals surface area contributed by atoms with Gasteiger partial charge in [0.25, 0.3) is 11.8 Å². The molecule has 0 radical (unpaired) electrons. The lowest BCUT2D eigenvalue weighted by Crippen LogP contribution is -2.30. The molecule has 2 amide bonds.